The van der Waals surface area contributed by atoms with Gasteiger partial charge in [-0.15, -0.1) is 0 Å². The molecule has 2 N–H and O–H groups in total. The first-order chi connectivity index (χ1) is 8.29. The van der Waals surface area contributed by atoms with Crippen LogP contribution < -0.4 is 10.0 Å². The van der Waals surface area contributed by atoms with Crippen LogP contribution >= 0.6 is 31.9 Å². The zero-order chi connectivity index (χ0) is 13.5. The molecule has 0 saturated carbocycles. The van der Waals surface area contributed by atoms with Gasteiger partial charge in [0.15, 0.2) is 5.82 Å². The fourth-order valence-corrected chi connectivity index (χ4v) is 3.38. The Morgan fingerprint density at radius 2 is 2.11 bits per heavy atom. The quantitative estimate of drug-likeness (QED) is 0.774. The smallest absolute Gasteiger partial charge is 0.229 e. The maximum Gasteiger partial charge on any atom is 0.229 e. The second-order valence-electron chi connectivity index (χ2n) is 3.73. The Bertz CT molecular complexity index is 606. The van der Waals surface area contributed by atoms with Crippen LogP contribution in [0.5, 0.6) is 0 Å². The fraction of sp³-hybridized carbons (Fsp3) is 0.375. The summed E-state index contributed by atoms with van der Waals surface area (Å²) < 4.78 is 23.3. The molecule has 0 aliphatic carbocycles. The van der Waals surface area contributed by atoms with Crippen LogP contribution in [0.2, 0.25) is 0 Å². The molecule has 1 saturated heterocycles. The van der Waals surface area contributed by atoms with Crippen LogP contribution in [0.4, 0.5) is 5.82 Å². The molecule has 0 radical (unpaired) electrons. The van der Waals surface area contributed by atoms with Crippen molar-refractivity contribution >= 4 is 53.6 Å². The molecule has 0 aromatic carbocycles. The molecule has 1 unspecified atom stereocenters. The molecule has 1 aromatic heterocycles. The number of aromatic nitrogens is 2. The number of anilines is 1. The molecule has 0 spiro atoms. The van der Waals surface area contributed by atoms with E-state index in [1.54, 1.807) is 0 Å². The number of hydrogen-bond acceptors (Lipinski definition) is 5. The first-order valence-electron chi connectivity index (χ1n) is 4.79. The molecule has 1 aromatic rings. The molecule has 10 heteroatoms. The highest BCUT2D eigenvalue weighted by atomic mass is 79.9. The third-order valence-corrected chi connectivity index (χ3v) is 4.65. The largest absolute Gasteiger partial charge is 0.293 e. The van der Waals surface area contributed by atoms with Gasteiger partial charge in [0, 0.05) is 13.0 Å². The Balaban J connectivity index is 2.33. The molecular formula is C8H8Br2N4O3S. The summed E-state index contributed by atoms with van der Waals surface area (Å²) in [5, 5.41) is 4.14. The first kappa shape index (κ1) is 13.8. The number of carbonyl (C=O) groups excluding carboxylic acids is 1. The van der Waals surface area contributed by atoms with Crippen molar-refractivity contribution in [2.45, 2.75) is 11.7 Å². The van der Waals surface area contributed by atoms with E-state index in [4.69, 9.17) is 5.14 Å². The second kappa shape index (κ2) is 4.83. The number of nitrogens with two attached hydrogens (primary N) is 1. The summed E-state index contributed by atoms with van der Waals surface area (Å²) in [5.41, 5.74) is 0. The lowest BCUT2D eigenvalue weighted by Gasteiger charge is -2.15. The van der Waals surface area contributed by atoms with E-state index in [2.05, 4.69) is 41.8 Å². The van der Waals surface area contributed by atoms with E-state index in [-0.39, 0.29) is 24.7 Å². The Labute approximate surface area is 120 Å². The second-order valence-corrected chi connectivity index (χ2v) is 7.13. The van der Waals surface area contributed by atoms with Crippen LogP contribution in [0, 0.1) is 0 Å². The van der Waals surface area contributed by atoms with Crippen molar-refractivity contribution in [2.24, 2.45) is 5.14 Å². The molecule has 1 atom stereocenters. The highest BCUT2D eigenvalue weighted by Crippen LogP contribution is 2.28. The van der Waals surface area contributed by atoms with Crippen LogP contribution in [-0.4, -0.2) is 36.1 Å². The molecule has 98 valence electrons. The Hall–Kier alpha value is -0.580. The van der Waals surface area contributed by atoms with Gasteiger partial charge in [0.05, 0.1) is 6.20 Å². The van der Waals surface area contributed by atoms with Gasteiger partial charge >= 0.3 is 0 Å². The minimum absolute atomic E-state index is 0.00736. The van der Waals surface area contributed by atoms with E-state index in [1.165, 1.54) is 11.1 Å². The zero-order valence-corrected chi connectivity index (χ0v) is 12.9. The fourth-order valence-electron chi connectivity index (χ4n) is 1.62. The van der Waals surface area contributed by atoms with Crippen molar-refractivity contribution in [1.82, 2.24) is 9.97 Å². The Morgan fingerprint density at radius 3 is 2.61 bits per heavy atom. The van der Waals surface area contributed by atoms with Crippen LogP contribution in [0.1, 0.15) is 6.42 Å². The van der Waals surface area contributed by atoms with Crippen molar-refractivity contribution in [3.63, 3.8) is 0 Å². The predicted molar refractivity (Wildman–Crippen MR) is 71.3 cm³/mol. The van der Waals surface area contributed by atoms with Crippen molar-refractivity contribution in [3.05, 3.63) is 15.4 Å². The third kappa shape index (κ3) is 2.71. The van der Waals surface area contributed by atoms with Gasteiger partial charge in [-0.3, -0.25) is 9.69 Å². The van der Waals surface area contributed by atoms with Gasteiger partial charge in [-0.1, -0.05) is 0 Å². The van der Waals surface area contributed by atoms with Gasteiger partial charge in [-0.05, 0) is 31.9 Å². The number of carbonyl (C=O) groups is 1. The SMILES string of the molecule is NS(=O)(=O)C1CC(=O)N(c2ncc(Br)nc2Br)C1. The third-order valence-electron chi connectivity index (χ3n) is 2.49. The standard InChI is InChI=1S/C8H8Br2N4O3S/c9-5-2-12-8(7(10)13-5)14-3-4(1-6(14)15)18(11,16)17/h2,4H,1,3H2,(H2,11,16,17). The highest BCUT2D eigenvalue weighted by molar-refractivity contribution is 9.11. The Kier molecular flexibility index (Phi) is 3.72. The van der Waals surface area contributed by atoms with E-state index in [1.807, 2.05) is 0 Å². The van der Waals surface area contributed by atoms with Crippen LogP contribution in [0.25, 0.3) is 0 Å². The first-order valence-corrected chi connectivity index (χ1v) is 7.98. The summed E-state index contributed by atoms with van der Waals surface area (Å²) in [6.45, 7) is -0.00736. The van der Waals surface area contributed by atoms with Gasteiger partial charge in [0.1, 0.15) is 14.5 Å². The van der Waals surface area contributed by atoms with E-state index >= 15 is 0 Å². The van der Waals surface area contributed by atoms with E-state index in [9.17, 15) is 13.2 Å². The summed E-state index contributed by atoms with van der Waals surface area (Å²) in [5.74, 6) is -0.0549. The van der Waals surface area contributed by atoms with Crippen molar-refractivity contribution in [3.8, 4) is 0 Å². The highest BCUT2D eigenvalue weighted by Gasteiger charge is 2.38. The van der Waals surface area contributed by atoms with E-state index in [0.29, 0.717) is 9.21 Å². The van der Waals surface area contributed by atoms with Crippen molar-refractivity contribution in [1.29, 1.82) is 0 Å². The lowest BCUT2D eigenvalue weighted by molar-refractivity contribution is -0.117. The monoisotopic (exact) mass is 398 g/mol. The number of hydrogen-bond donors (Lipinski definition) is 1. The summed E-state index contributed by atoms with van der Waals surface area (Å²) in [4.78, 5) is 21.1. The average molecular weight is 400 g/mol. The van der Waals surface area contributed by atoms with Crippen molar-refractivity contribution in [2.75, 3.05) is 11.4 Å². The number of sulfonamides is 1. The number of primary sulfonamides is 1. The van der Waals surface area contributed by atoms with Gasteiger partial charge in [0.2, 0.25) is 15.9 Å². The normalized spacial score (nSPS) is 20.5. The zero-order valence-electron chi connectivity index (χ0n) is 8.88. The van der Waals surface area contributed by atoms with Gasteiger partial charge in [0.25, 0.3) is 0 Å². The van der Waals surface area contributed by atoms with E-state index < -0.39 is 15.3 Å². The molecule has 2 heterocycles. The molecule has 1 amide bonds. The number of amides is 1. The minimum atomic E-state index is -3.73. The minimum Gasteiger partial charge on any atom is -0.293 e. The van der Waals surface area contributed by atoms with Crippen molar-refractivity contribution < 1.29 is 13.2 Å². The summed E-state index contributed by atoms with van der Waals surface area (Å²) in [7, 11) is -3.73. The lowest BCUT2D eigenvalue weighted by atomic mass is 10.4. The summed E-state index contributed by atoms with van der Waals surface area (Å²) in [6.07, 6.45) is 1.29. The lowest BCUT2D eigenvalue weighted by Crippen LogP contribution is -2.32. The molecule has 1 aliphatic rings. The van der Waals surface area contributed by atoms with Gasteiger partial charge in [-0.2, -0.15) is 0 Å². The molecule has 7 nitrogen and oxygen atoms in total. The van der Waals surface area contributed by atoms with Crippen LogP contribution in [0.15, 0.2) is 15.4 Å². The van der Waals surface area contributed by atoms with Gasteiger partial charge in [-0.25, -0.2) is 23.5 Å². The maximum absolute atomic E-state index is 11.8. The van der Waals surface area contributed by atoms with Crippen LogP contribution in [0.3, 0.4) is 0 Å². The molecule has 2 rings (SSSR count). The van der Waals surface area contributed by atoms with Crippen LogP contribution in [-0.2, 0) is 14.8 Å². The molecule has 1 aliphatic heterocycles. The molecular weight excluding hydrogens is 392 g/mol. The molecule has 0 bridgehead atoms. The summed E-state index contributed by atoms with van der Waals surface area (Å²) >= 11 is 6.32. The topological polar surface area (TPSA) is 106 Å². The average Bonchev–Trinajstić information content (AvgIpc) is 2.60. The van der Waals surface area contributed by atoms with Gasteiger partial charge < -0.3 is 0 Å². The molecule has 18 heavy (non-hydrogen) atoms. The number of rotatable bonds is 2. The predicted octanol–water partition coefficient (Wildman–Crippen LogP) is 0.395. The molecule has 1 fully saturated rings. The Morgan fingerprint density at radius 1 is 1.44 bits per heavy atom. The number of halogens is 2. The number of nitrogens with zero attached hydrogens (tertiary/aromatic N) is 3. The summed E-state index contributed by atoms with van der Waals surface area (Å²) in [6, 6.07) is 0. The maximum atomic E-state index is 11.8. The van der Waals surface area contributed by atoms with E-state index in [0.717, 1.165) is 0 Å².